The molecule has 3 rings (SSSR count). The number of halogens is 1. The third-order valence-electron chi connectivity index (χ3n) is 6.87. The van der Waals surface area contributed by atoms with E-state index in [2.05, 4.69) is 5.32 Å². The van der Waals surface area contributed by atoms with Crippen LogP contribution in [-0.2, 0) is 26.0 Å². The zero-order valence-corrected chi connectivity index (χ0v) is 25.1. The second-order valence-corrected chi connectivity index (χ2v) is 12.2. The lowest BCUT2D eigenvalue weighted by atomic mass is 10.1. The first-order valence-electron chi connectivity index (χ1n) is 13.6. The van der Waals surface area contributed by atoms with E-state index >= 15 is 0 Å². The van der Waals surface area contributed by atoms with Gasteiger partial charge in [-0.1, -0.05) is 73.5 Å². The van der Waals surface area contributed by atoms with Gasteiger partial charge < -0.3 is 10.2 Å². The maximum atomic E-state index is 14.0. The maximum Gasteiger partial charge on any atom is 0.264 e. The van der Waals surface area contributed by atoms with Crippen LogP contribution >= 0.6 is 11.6 Å². The van der Waals surface area contributed by atoms with Crippen molar-refractivity contribution in [2.75, 3.05) is 17.4 Å². The lowest BCUT2D eigenvalue weighted by molar-refractivity contribution is -0.139. The summed E-state index contributed by atoms with van der Waals surface area (Å²) in [5.74, 6) is -0.707. The molecule has 0 aliphatic rings. The van der Waals surface area contributed by atoms with E-state index in [0.29, 0.717) is 23.6 Å². The van der Waals surface area contributed by atoms with Crippen LogP contribution < -0.4 is 9.62 Å². The zero-order valence-electron chi connectivity index (χ0n) is 23.5. The lowest BCUT2D eigenvalue weighted by Crippen LogP contribution is -2.54. The van der Waals surface area contributed by atoms with Gasteiger partial charge in [0.05, 0.1) is 10.6 Å². The topological polar surface area (TPSA) is 86.8 Å². The molecule has 0 aliphatic carbocycles. The normalized spacial score (nSPS) is 12.8. The molecule has 40 heavy (non-hydrogen) atoms. The minimum Gasteiger partial charge on any atom is -0.352 e. The molecule has 3 aromatic rings. The third kappa shape index (κ3) is 8.08. The van der Waals surface area contributed by atoms with Crippen molar-refractivity contribution >= 4 is 39.1 Å². The molecular weight excluding hydrogens is 546 g/mol. The van der Waals surface area contributed by atoms with Crippen molar-refractivity contribution in [1.29, 1.82) is 0 Å². The van der Waals surface area contributed by atoms with Gasteiger partial charge in [0.2, 0.25) is 11.8 Å². The number of hydrogen-bond acceptors (Lipinski definition) is 4. The van der Waals surface area contributed by atoms with Crippen LogP contribution in [0.4, 0.5) is 5.69 Å². The highest BCUT2D eigenvalue weighted by Crippen LogP contribution is 2.26. The Hall–Kier alpha value is -3.36. The van der Waals surface area contributed by atoms with E-state index in [9.17, 15) is 18.0 Å². The molecule has 0 fully saturated rings. The number of hydrogen-bond donors (Lipinski definition) is 1. The van der Waals surface area contributed by atoms with Crippen molar-refractivity contribution in [2.45, 2.75) is 63.9 Å². The van der Waals surface area contributed by atoms with Crippen LogP contribution in [0, 0.1) is 6.92 Å². The van der Waals surface area contributed by atoms with Gasteiger partial charge in [-0.05, 0) is 75.1 Å². The zero-order chi connectivity index (χ0) is 29.3. The van der Waals surface area contributed by atoms with Gasteiger partial charge in [-0.25, -0.2) is 8.42 Å². The molecule has 0 radical (unpaired) electrons. The van der Waals surface area contributed by atoms with Crippen LogP contribution in [0.25, 0.3) is 0 Å². The number of benzene rings is 3. The van der Waals surface area contributed by atoms with Crippen molar-refractivity contribution in [3.05, 3.63) is 95.0 Å². The Kier molecular flexibility index (Phi) is 11.2. The van der Waals surface area contributed by atoms with Gasteiger partial charge >= 0.3 is 0 Å². The van der Waals surface area contributed by atoms with Crippen molar-refractivity contribution in [2.24, 2.45) is 0 Å². The van der Waals surface area contributed by atoms with Crippen LogP contribution in [0.2, 0.25) is 5.02 Å². The molecule has 7 nitrogen and oxygen atoms in total. The Morgan fingerprint density at radius 1 is 0.900 bits per heavy atom. The minimum atomic E-state index is -4.13. The molecule has 1 N–H and O–H groups in total. The highest BCUT2D eigenvalue weighted by atomic mass is 35.5. The van der Waals surface area contributed by atoms with Crippen molar-refractivity contribution in [1.82, 2.24) is 10.2 Å². The fourth-order valence-corrected chi connectivity index (χ4v) is 5.85. The van der Waals surface area contributed by atoms with Gasteiger partial charge in [-0.15, -0.1) is 0 Å². The van der Waals surface area contributed by atoms with Crippen molar-refractivity contribution < 1.29 is 18.0 Å². The Balaban J connectivity index is 2.00. The number of aryl methyl sites for hydroxylation is 1. The van der Waals surface area contributed by atoms with Gasteiger partial charge in [0.15, 0.2) is 0 Å². The monoisotopic (exact) mass is 583 g/mol. The van der Waals surface area contributed by atoms with Gasteiger partial charge in [-0.3, -0.25) is 13.9 Å². The molecule has 0 aromatic heterocycles. The molecule has 2 amide bonds. The van der Waals surface area contributed by atoms with E-state index in [0.717, 1.165) is 21.9 Å². The predicted octanol–water partition coefficient (Wildman–Crippen LogP) is 5.61. The standard InChI is InChI=1S/C31H38ClN3O4S/c1-5-24(4)33-31(37)29(6-2)34(21-20-25-10-8-7-9-11-25)30(36)22-35(27-16-12-23(3)13-17-27)40(38,39)28-18-14-26(32)15-19-28/h7-19,24,29H,5-6,20-22H2,1-4H3,(H,33,37)/t24-,29-/m1/s1. The minimum absolute atomic E-state index is 0.0164. The van der Waals surface area contributed by atoms with Crippen LogP contribution in [0.5, 0.6) is 0 Å². The van der Waals surface area contributed by atoms with Crippen LogP contribution in [0.15, 0.2) is 83.8 Å². The second kappa shape index (κ2) is 14.3. The predicted molar refractivity (Wildman–Crippen MR) is 161 cm³/mol. The van der Waals surface area contributed by atoms with E-state index < -0.39 is 28.5 Å². The number of carbonyl (C=O) groups excluding carboxylic acids is 2. The third-order valence-corrected chi connectivity index (χ3v) is 8.91. The average Bonchev–Trinajstić information content (AvgIpc) is 2.95. The largest absolute Gasteiger partial charge is 0.352 e. The van der Waals surface area contributed by atoms with Crippen LogP contribution in [-0.4, -0.2) is 50.3 Å². The van der Waals surface area contributed by atoms with E-state index in [1.165, 1.54) is 29.2 Å². The highest BCUT2D eigenvalue weighted by Gasteiger charge is 2.33. The molecule has 0 unspecified atom stereocenters. The summed E-state index contributed by atoms with van der Waals surface area (Å²) >= 11 is 6.01. The fourth-order valence-electron chi connectivity index (χ4n) is 4.31. The highest BCUT2D eigenvalue weighted by molar-refractivity contribution is 7.92. The summed E-state index contributed by atoms with van der Waals surface area (Å²) in [7, 11) is -4.13. The number of carbonyl (C=O) groups is 2. The first-order chi connectivity index (χ1) is 19.1. The lowest BCUT2D eigenvalue weighted by Gasteiger charge is -2.33. The molecular formula is C31H38ClN3O4S. The Morgan fingerprint density at radius 2 is 1.52 bits per heavy atom. The molecule has 9 heteroatoms. The van der Waals surface area contributed by atoms with Gasteiger partial charge in [0.25, 0.3) is 10.0 Å². The molecule has 2 atom stereocenters. The number of nitrogens with zero attached hydrogens (tertiary/aromatic N) is 2. The second-order valence-electron chi connectivity index (χ2n) is 9.87. The molecule has 214 valence electrons. The summed E-state index contributed by atoms with van der Waals surface area (Å²) in [6.07, 6.45) is 1.66. The fraction of sp³-hybridized carbons (Fsp3) is 0.355. The molecule has 0 heterocycles. The SMILES string of the molecule is CC[C@@H](C)NC(=O)[C@@H](CC)N(CCc1ccccc1)C(=O)CN(c1ccc(C)cc1)S(=O)(=O)c1ccc(Cl)cc1. The number of sulfonamides is 1. The number of anilines is 1. The van der Waals surface area contributed by atoms with E-state index in [4.69, 9.17) is 11.6 Å². The Bertz CT molecular complexity index is 1360. The van der Waals surface area contributed by atoms with E-state index in [1.807, 2.05) is 58.0 Å². The Labute approximate surface area is 243 Å². The number of amides is 2. The summed E-state index contributed by atoms with van der Waals surface area (Å²) < 4.78 is 28.8. The number of nitrogens with one attached hydrogen (secondary N) is 1. The quantitative estimate of drug-likeness (QED) is 0.283. The summed E-state index contributed by atoms with van der Waals surface area (Å²) in [5.41, 5.74) is 2.33. The van der Waals surface area contributed by atoms with Crippen molar-refractivity contribution in [3.8, 4) is 0 Å². The summed E-state index contributed by atoms with van der Waals surface area (Å²) in [6, 6.07) is 21.7. The molecule has 0 spiro atoms. The van der Waals surface area contributed by atoms with Crippen LogP contribution in [0.1, 0.15) is 44.7 Å². The van der Waals surface area contributed by atoms with Gasteiger partial charge in [0.1, 0.15) is 12.6 Å². The summed E-state index contributed by atoms with van der Waals surface area (Å²) in [6.45, 7) is 7.45. The number of rotatable bonds is 13. The van der Waals surface area contributed by atoms with E-state index in [1.54, 1.807) is 24.3 Å². The van der Waals surface area contributed by atoms with Gasteiger partial charge in [-0.2, -0.15) is 0 Å². The van der Waals surface area contributed by atoms with Crippen molar-refractivity contribution in [3.63, 3.8) is 0 Å². The average molecular weight is 584 g/mol. The van der Waals surface area contributed by atoms with Gasteiger partial charge in [0, 0.05) is 17.6 Å². The first kappa shape index (κ1) is 31.2. The van der Waals surface area contributed by atoms with Crippen LogP contribution in [0.3, 0.4) is 0 Å². The molecule has 0 saturated heterocycles. The molecule has 0 bridgehead atoms. The Morgan fingerprint density at radius 3 is 2.10 bits per heavy atom. The maximum absolute atomic E-state index is 14.0. The molecule has 0 aliphatic heterocycles. The molecule has 3 aromatic carbocycles. The first-order valence-corrected chi connectivity index (χ1v) is 15.4. The molecule has 0 saturated carbocycles. The summed E-state index contributed by atoms with van der Waals surface area (Å²) in [4.78, 5) is 28.9. The smallest absolute Gasteiger partial charge is 0.264 e. The summed E-state index contributed by atoms with van der Waals surface area (Å²) in [5, 5.41) is 3.39. The van der Waals surface area contributed by atoms with E-state index in [-0.39, 0.29) is 23.4 Å².